The third-order valence-electron chi connectivity index (χ3n) is 2.61. The molecule has 0 atom stereocenters. The van der Waals surface area contributed by atoms with Crippen LogP contribution in [0.5, 0.6) is 11.6 Å². The zero-order valence-electron chi connectivity index (χ0n) is 10.4. The van der Waals surface area contributed by atoms with E-state index in [-0.39, 0.29) is 0 Å². The van der Waals surface area contributed by atoms with E-state index in [1.165, 1.54) is 0 Å². The Balaban J connectivity index is 2.19. The number of ether oxygens (including phenoxy) is 2. The SMILES string of the molecule is COc1ncccc1COc1c(Cl)cccc1CBr. The number of halogens is 2. The Kier molecular flexibility index (Phi) is 5.05. The Morgan fingerprint density at radius 1 is 1.21 bits per heavy atom. The van der Waals surface area contributed by atoms with Crippen LogP contribution < -0.4 is 9.47 Å². The number of pyridine rings is 1. The molecule has 3 nitrogen and oxygen atoms in total. The Hall–Kier alpha value is -1.26. The fraction of sp³-hybridized carbons (Fsp3) is 0.214. The molecule has 2 rings (SSSR count). The molecule has 1 aromatic carbocycles. The zero-order valence-corrected chi connectivity index (χ0v) is 12.7. The van der Waals surface area contributed by atoms with Gasteiger partial charge in [0.2, 0.25) is 5.88 Å². The number of alkyl halides is 1. The first kappa shape index (κ1) is 14.2. The summed E-state index contributed by atoms with van der Waals surface area (Å²) in [6.45, 7) is 0.362. The van der Waals surface area contributed by atoms with E-state index in [1.54, 1.807) is 13.3 Å². The summed E-state index contributed by atoms with van der Waals surface area (Å²) in [6.07, 6.45) is 1.68. The number of para-hydroxylation sites is 1. The topological polar surface area (TPSA) is 31.4 Å². The lowest BCUT2D eigenvalue weighted by atomic mass is 10.2. The van der Waals surface area contributed by atoms with Crippen molar-refractivity contribution in [2.75, 3.05) is 7.11 Å². The molecule has 100 valence electrons. The van der Waals surface area contributed by atoms with Crippen LogP contribution in [0.1, 0.15) is 11.1 Å². The molecule has 1 heterocycles. The van der Waals surface area contributed by atoms with Gasteiger partial charge in [-0.15, -0.1) is 0 Å². The number of hydrogen-bond donors (Lipinski definition) is 0. The molecule has 19 heavy (non-hydrogen) atoms. The second-order valence-corrected chi connectivity index (χ2v) is 4.79. The minimum atomic E-state index is 0.362. The summed E-state index contributed by atoms with van der Waals surface area (Å²) < 4.78 is 11.0. The van der Waals surface area contributed by atoms with E-state index in [2.05, 4.69) is 20.9 Å². The summed E-state index contributed by atoms with van der Waals surface area (Å²) in [5.74, 6) is 1.25. The largest absolute Gasteiger partial charge is 0.487 e. The van der Waals surface area contributed by atoms with Crippen LogP contribution >= 0.6 is 27.5 Å². The average Bonchev–Trinajstić information content (AvgIpc) is 2.46. The molecule has 0 radical (unpaired) electrons. The summed E-state index contributed by atoms with van der Waals surface area (Å²) >= 11 is 9.58. The molecule has 0 unspecified atom stereocenters. The van der Waals surface area contributed by atoms with Gasteiger partial charge in [0.25, 0.3) is 0 Å². The molecule has 0 saturated heterocycles. The number of rotatable bonds is 5. The number of nitrogens with zero attached hydrogens (tertiary/aromatic N) is 1. The van der Waals surface area contributed by atoms with Gasteiger partial charge < -0.3 is 9.47 Å². The van der Waals surface area contributed by atoms with E-state index in [1.807, 2.05) is 30.3 Å². The normalized spacial score (nSPS) is 10.3. The van der Waals surface area contributed by atoms with E-state index < -0.39 is 0 Å². The first-order valence-electron chi connectivity index (χ1n) is 5.70. The third-order valence-corrected chi connectivity index (χ3v) is 3.51. The molecule has 0 aliphatic carbocycles. The predicted molar refractivity (Wildman–Crippen MR) is 79.2 cm³/mol. The quantitative estimate of drug-likeness (QED) is 0.763. The first-order chi connectivity index (χ1) is 9.26. The van der Waals surface area contributed by atoms with Crippen molar-refractivity contribution in [3.05, 3.63) is 52.7 Å². The summed E-state index contributed by atoms with van der Waals surface area (Å²) in [6, 6.07) is 9.44. The van der Waals surface area contributed by atoms with Crippen LogP contribution in [-0.2, 0) is 11.9 Å². The maximum absolute atomic E-state index is 6.16. The molecule has 0 aliphatic rings. The van der Waals surface area contributed by atoms with Gasteiger partial charge in [-0.1, -0.05) is 39.7 Å². The summed E-state index contributed by atoms with van der Waals surface area (Å²) in [4.78, 5) is 4.13. The maximum atomic E-state index is 6.16. The van der Waals surface area contributed by atoms with Gasteiger partial charge in [0.1, 0.15) is 12.4 Å². The summed E-state index contributed by atoms with van der Waals surface area (Å²) in [5.41, 5.74) is 1.89. The molecule has 0 spiro atoms. The van der Waals surface area contributed by atoms with E-state index in [9.17, 15) is 0 Å². The van der Waals surface area contributed by atoms with E-state index in [4.69, 9.17) is 21.1 Å². The van der Waals surface area contributed by atoms with Gasteiger partial charge >= 0.3 is 0 Å². The number of methoxy groups -OCH3 is 1. The van der Waals surface area contributed by atoms with Gasteiger partial charge in [-0.2, -0.15) is 0 Å². The third kappa shape index (κ3) is 3.39. The number of benzene rings is 1. The van der Waals surface area contributed by atoms with Crippen molar-refractivity contribution in [3.8, 4) is 11.6 Å². The van der Waals surface area contributed by atoms with E-state index in [0.29, 0.717) is 28.6 Å². The van der Waals surface area contributed by atoms with E-state index in [0.717, 1.165) is 11.1 Å². The molecule has 0 fully saturated rings. The lowest BCUT2D eigenvalue weighted by Crippen LogP contribution is -2.02. The monoisotopic (exact) mass is 341 g/mol. The minimum Gasteiger partial charge on any atom is -0.487 e. The van der Waals surface area contributed by atoms with Crippen molar-refractivity contribution < 1.29 is 9.47 Å². The van der Waals surface area contributed by atoms with Gasteiger partial charge in [-0.3, -0.25) is 0 Å². The molecule has 0 aliphatic heterocycles. The maximum Gasteiger partial charge on any atom is 0.219 e. The second-order valence-electron chi connectivity index (χ2n) is 3.82. The molecule has 0 amide bonds. The predicted octanol–water partition coefficient (Wildman–Crippen LogP) is 4.22. The van der Waals surface area contributed by atoms with Crippen molar-refractivity contribution in [2.45, 2.75) is 11.9 Å². The second kappa shape index (κ2) is 6.78. The fourth-order valence-corrected chi connectivity index (χ4v) is 2.38. The van der Waals surface area contributed by atoms with Gasteiger partial charge in [0.15, 0.2) is 0 Å². The number of hydrogen-bond acceptors (Lipinski definition) is 3. The van der Waals surface area contributed by atoms with Crippen LogP contribution in [-0.4, -0.2) is 12.1 Å². The Morgan fingerprint density at radius 3 is 2.74 bits per heavy atom. The van der Waals surface area contributed by atoms with Crippen molar-refractivity contribution in [3.63, 3.8) is 0 Å². The highest BCUT2D eigenvalue weighted by atomic mass is 79.9. The zero-order chi connectivity index (χ0) is 13.7. The lowest BCUT2D eigenvalue weighted by molar-refractivity contribution is 0.292. The standard InChI is InChI=1S/C14H13BrClNO2/c1-18-14-11(5-3-7-17-14)9-19-13-10(8-15)4-2-6-12(13)16/h2-7H,8-9H2,1H3. The van der Waals surface area contributed by atoms with Gasteiger partial charge in [-0.05, 0) is 18.2 Å². The van der Waals surface area contributed by atoms with Crippen LogP contribution in [0.25, 0.3) is 0 Å². The van der Waals surface area contributed by atoms with E-state index >= 15 is 0 Å². The Labute approximate surface area is 125 Å². The average molecular weight is 343 g/mol. The van der Waals surface area contributed by atoms with Crippen LogP contribution in [0.3, 0.4) is 0 Å². The van der Waals surface area contributed by atoms with Gasteiger partial charge in [-0.25, -0.2) is 4.98 Å². The fourth-order valence-electron chi connectivity index (χ4n) is 1.69. The van der Waals surface area contributed by atoms with Crippen molar-refractivity contribution >= 4 is 27.5 Å². The molecular formula is C14H13BrClNO2. The van der Waals surface area contributed by atoms with Gasteiger partial charge in [0.05, 0.1) is 17.7 Å². The highest BCUT2D eigenvalue weighted by molar-refractivity contribution is 9.08. The number of aromatic nitrogens is 1. The van der Waals surface area contributed by atoms with Crippen molar-refractivity contribution in [1.82, 2.24) is 4.98 Å². The van der Waals surface area contributed by atoms with Crippen LogP contribution in [0.4, 0.5) is 0 Å². The van der Waals surface area contributed by atoms with Crippen LogP contribution in [0, 0.1) is 0 Å². The highest BCUT2D eigenvalue weighted by Gasteiger charge is 2.10. The first-order valence-corrected chi connectivity index (χ1v) is 7.20. The molecule has 1 aromatic heterocycles. The van der Waals surface area contributed by atoms with Crippen molar-refractivity contribution in [2.24, 2.45) is 0 Å². The smallest absolute Gasteiger partial charge is 0.219 e. The molecular weight excluding hydrogens is 330 g/mol. The summed E-state index contributed by atoms with van der Waals surface area (Å²) in [7, 11) is 1.59. The molecule has 0 saturated carbocycles. The molecule has 0 bridgehead atoms. The van der Waals surface area contributed by atoms with Crippen LogP contribution in [0.2, 0.25) is 5.02 Å². The Morgan fingerprint density at radius 2 is 2.00 bits per heavy atom. The minimum absolute atomic E-state index is 0.362. The lowest BCUT2D eigenvalue weighted by Gasteiger charge is -2.13. The Bertz CT molecular complexity index is 563. The highest BCUT2D eigenvalue weighted by Crippen LogP contribution is 2.31. The molecule has 5 heteroatoms. The van der Waals surface area contributed by atoms with Gasteiger partial charge in [0, 0.05) is 17.1 Å². The molecule has 2 aromatic rings. The molecule has 0 N–H and O–H groups in total. The van der Waals surface area contributed by atoms with Crippen molar-refractivity contribution in [1.29, 1.82) is 0 Å². The summed E-state index contributed by atoms with van der Waals surface area (Å²) in [5, 5.41) is 1.28. The van der Waals surface area contributed by atoms with Crippen LogP contribution in [0.15, 0.2) is 36.5 Å².